The van der Waals surface area contributed by atoms with E-state index in [2.05, 4.69) is 5.32 Å². The van der Waals surface area contributed by atoms with Gasteiger partial charge in [0.25, 0.3) is 5.91 Å². The quantitative estimate of drug-likeness (QED) is 0.850. The average Bonchev–Trinajstić information content (AvgIpc) is 3.08. The molecule has 0 heterocycles. The summed E-state index contributed by atoms with van der Waals surface area (Å²) < 4.78 is 18.1. The summed E-state index contributed by atoms with van der Waals surface area (Å²) in [6.45, 7) is 3.26. The lowest BCUT2D eigenvalue weighted by atomic mass is 10.2. The fourth-order valence-corrected chi connectivity index (χ4v) is 1.76. The number of carbonyl (C=O) groups is 2. The van der Waals surface area contributed by atoms with Gasteiger partial charge in [-0.15, -0.1) is 0 Å². The van der Waals surface area contributed by atoms with E-state index in [1.165, 1.54) is 6.07 Å². The van der Waals surface area contributed by atoms with E-state index in [0.717, 1.165) is 6.42 Å². The fraction of sp³-hybridized carbons (Fsp3) is 0.429. The van der Waals surface area contributed by atoms with Crippen LogP contribution in [0.5, 0.6) is 0 Å². The number of benzene rings is 1. The largest absolute Gasteiger partial charge is 0.455 e. The number of amides is 1. The Morgan fingerprint density at radius 1 is 1.47 bits per heavy atom. The molecule has 0 saturated heterocycles. The molecule has 1 aromatic rings. The molecular weight excluding hydrogens is 249 g/mol. The molecule has 1 aliphatic carbocycles. The molecule has 0 radical (unpaired) electrons. The molecule has 5 heteroatoms. The van der Waals surface area contributed by atoms with Gasteiger partial charge in [-0.1, -0.05) is 13.0 Å². The number of ether oxygens (including phenoxy) is 1. The number of carbonyl (C=O) groups excluding carboxylic acids is 2. The van der Waals surface area contributed by atoms with Gasteiger partial charge >= 0.3 is 5.97 Å². The molecule has 4 nitrogen and oxygen atoms in total. The molecule has 0 spiro atoms. The molecule has 1 saturated carbocycles. The summed E-state index contributed by atoms with van der Waals surface area (Å²) >= 11 is 0. The Labute approximate surface area is 110 Å². The molecular formula is C14H16FNO3. The summed E-state index contributed by atoms with van der Waals surface area (Å²) in [6.07, 6.45) is 0.823. The van der Waals surface area contributed by atoms with Crippen molar-refractivity contribution >= 4 is 17.6 Å². The maximum atomic E-state index is 13.3. The summed E-state index contributed by atoms with van der Waals surface area (Å²) in [5.41, 5.74) is 0.857. The second kappa shape index (κ2) is 5.38. The average molecular weight is 265 g/mol. The third-order valence-corrected chi connectivity index (χ3v) is 3.21. The van der Waals surface area contributed by atoms with Gasteiger partial charge in [0.15, 0.2) is 6.61 Å². The molecule has 2 atom stereocenters. The van der Waals surface area contributed by atoms with Gasteiger partial charge in [-0.2, -0.15) is 0 Å². The van der Waals surface area contributed by atoms with Crippen LogP contribution in [0, 0.1) is 24.6 Å². The zero-order valence-electron chi connectivity index (χ0n) is 10.9. The second-order valence-electron chi connectivity index (χ2n) is 4.94. The molecule has 0 aliphatic heterocycles. The molecule has 1 aromatic carbocycles. The Balaban J connectivity index is 1.80. The highest BCUT2D eigenvalue weighted by atomic mass is 19.1. The van der Waals surface area contributed by atoms with Crippen LogP contribution in [0.25, 0.3) is 0 Å². The fourth-order valence-electron chi connectivity index (χ4n) is 1.76. The van der Waals surface area contributed by atoms with Crippen molar-refractivity contribution in [2.75, 3.05) is 11.9 Å². The van der Waals surface area contributed by atoms with Crippen molar-refractivity contribution in [3.05, 3.63) is 29.6 Å². The van der Waals surface area contributed by atoms with Crippen molar-refractivity contribution in [3.8, 4) is 0 Å². The van der Waals surface area contributed by atoms with Crippen molar-refractivity contribution in [2.24, 2.45) is 11.8 Å². The predicted octanol–water partition coefficient (Wildman–Crippen LogP) is 2.27. The molecule has 19 heavy (non-hydrogen) atoms. The Hall–Kier alpha value is -1.91. The smallest absolute Gasteiger partial charge is 0.309 e. The first kappa shape index (κ1) is 13.5. The SMILES string of the molecule is Cc1ccc(NC(=O)COC(=O)[C@@H]2C[C@H]2C)cc1F. The van der Waals surface area contributed by atoms with E-state index >= 15 is 0 Å². The third-order valence-electron chi connectivity index (χ3n) is 3.21. The van der Waals surface area contributed by atoms with Gasteiger partial charge in [-0.05, 0) is 37.0 Å². The number of nitrogens with one attached hydrogen (secondary N) is 1. The van der Waals surface area contributed by atoms with Crippen LogP contribution in [-0.2, 0) is 14.3 Å². The summed E-state index contributed by atoms with van der Waals surface area (Å²) in [7, 11) is 0. The van der Waals surface area contributed by atoms with E-state index in [1.807, 2.05) is 6.92 Å². The van der Waals surface area contributed by atoms with E-state index < -0.39 is 5.91 Å². The zero-order chi connectivity index (χ0) is 14.0. The zero-order valence-corrected chi connectivity index (χ0v) is 10.9. The van der Waals surface area contributed by atoms with Crippen LogP contribution in [-0.4, -0.2) is 18.5 Å². The first-order valence-corrected chi connectivity index (χ1v) is 6.20. The maximum absolute atomic E-state index is 13.3. The van der Waals surface area contributed by atoms with Crippen LogP contribution in [0.2, 0.25) is 0 Å². The number of hydrogen-bond donors (Lipinski definition) is 1. The number of anilines is 1. The number of hydrogen-bond acceptors (Lipinski definition) is 3. The van der Waals surface area contributed by atoms with E-state index in [-0.39, 0.29) is 24.3 Å². The van der Waals surface area contributed by atoms with Gasteiger partial charge in [0.05, 0.1) is 5.92 Å². The minimum absolute atomic E-state index is 0.0652. The summed E-state index contributed by atoms with van der Waals surface area (Å²) in [5.74, 6) is -0.907. The van der Waals surface area contributed by atoms with E-state index in [1.54, 1.807) is 19.1 Å². The van der Waals surface area contributed by atoms with Gasteiger partial charge in [0.2, 0.25) is 0 Å². The van der Waals surface area contributed by atoms with Crippen molar-refractivity contribution in [1.29, 1.82) is 0 Å². The highest BCUT2D eigenvalue weighted by Gasteiger charge is 2.40. The minimum Gasteiger partial charge on any atom is -0.455 e. The highest BCUT2D eigenvalue weighted by molar-refractivity contribution is 5.93. The van der Waals surface area contributed by atoms with Gasteiger partial charge in [-0.3, -0.25) is 9.59 Å². The summed E-state index contributed by atoms with van der Waals surface area (Å²) in [4.78, 5) is 22.9. The number of aryl methyl sites for hydroxylation is 1. The van der Waals surface area contributed by atoms with Crippen molar-refractivity contribution < 1.29 is 18.7 Å². The molecule has 2 rings (SSSR count). The lowest BCUT2D eigenvalue weighted by molar-refractivity contribution is -0.148. The Morgan fingerprint density at radius 3 is 2.74 bits per heavy atom. The van der Waals surface area contributed by atoms with Crippen LogP contribution in [0.15, 0.2) is 18.2 Å². The normalized spacial score (nSPS) is 20.8. The van der Waals surface area contributed by atoms with E-state index in [9.17, 15) is 14.0 Å². The van der Waals surface area contributed by atoms with Gasteiger partial charge in [-0.25, -0.2) is 4.39 Å². The number of halogens is 1. The summed E-state index contributed by atoms with van der Waals surface area (Å²) in [5, 5.41) is 2.48. The third kappa shape index (κ3) is 3.53. The molecule has 1 N–H and O–H groups in total. The van der Waals surface area contributed by atoms with Crippen LogP contribution in [0.1, 0.15) is 18.9 Å². The second-order valence-corrected chi connectivity index (χ2v) is 4.94. The van der Waals surface area contributed by atoms with E-state index in [0.29, 0.717) is 17.2 Å². The van der Waals surface area contributed by atoms with Gasteiger partial charge < -0.3 is 10.1 Å². The molecule has 1 amide bonds. The standard InChI is InChI=1S/C14H16FNO3/c1-8-3-4-10(6-12(8)15)16-13(17)7-19-14(18)11-5-9(11)2/h3-4,6,9,11H,5,7H2,1-2H3,(H,16,17)/t9-,11-/m1/s1. The summed E-state index contributed by atoms with van der Waals surface area (Å²) in [6, 6.07) is 4.40. The molecule has 0 aromatic heterocycles. The van der Waals surface area contributed by atoms with Gasteiger partial charge in [0.1, 0.15) is 5.82 Å². The monoisotopic (exact) mass is 265 g/mol. The van der Waals surface area contributed by atoms with Crippen LogP contribution >= 0.6 is 0 Å². The van der Waals surface area contributed by atoms with Crippen molar-refractivity contribution in [3.63, 3.8) is 0 Å². The lowest BCUT2D eigenvalue weighted by Crippen LogP contribution is -2.21. The molecule has 0 unspecified atom stereocenters. The lowest BCUT2D eigenvalue weighted by Gasteiger charge is -2.07. The van der Waals surface area contributed by atoms with Gasteiger partial charge in [0, 0.05) is 5.69 Å². The van der Waals surface area contributed by atoms with E-state index in [4.69, 9.17) is 4.74 Å². The Bertz CT molecular complexity index is 515. The van der Waals surface area contributed by atoms with Crippen molar-refractivity contribution in [2.45, 2.75) is 20.3 Å². The maximum Gasteiger partial charge on any atom is 0.309 e. The van der Waals surface area contributed by atoms with Crippen LogP contribution in [0.3, 0.4) is 0 Å². The molecule has 1 fully saturated rings. The highest BCUT2D eigenvalue weighted by Crippen LogP contribution is 2.38. The van der Waals surface area contributed by atoms with Crippen LogP contribution < -0.4 is 5.32 Å². The number of esters is 1. The van der Waals surface area contributed by atoms with Crippen LogP contribution in [0.4, 0.5) is 10.1 Å². The molecule has 1 aliphatic rings. The number of rotatable bonds is 4. The topological polar surface area (TPSA) is 55.4 Å². The molecule has 102 valence electrons. The first-order valence-electron chi connectivity index (χ1n) is 6.20. The Morgan fingerprint density at radius 2 is 2.16 bits per heavy atom. The Kier molecular flexibility index (Phi) is 3.83. The molecule has 0 bridgehead atoms. The minimum atomic E-state index is -0.468. The predicted molar refractivity (Wildman–Crippen MR) is 68.0 cm³/mol. The first-order chi connectivity index (χ1) is 8.97. The van der Waals surface area contributed by atoms with Crippen molar-refractivity contribution in [1.82, 2.24) is 0 Å².